The van der Waals surface area contributed by atoms with E-state index in [2.05, 4.69) is 10.3 Å². The van der Waals surface area contributed by atoms with Gasteiger partial charge in [0.25, 0.3) is 5.91 Å². The fraction of sp³-hybridized carbons (Fsp3) is 0.190. The van der Waals surface area contributed by atoms with E-state index in [0.717, 1.165) is 17.4 Å². The van der Waals surface area contributed by atoms with Crippen molar-refractivity contribution < 1.29 is 14.7 Å². The molecule has 3 N–H and O–H groups in total. The van der Waals surface area contributed by atoms with Crippen molar-refractivity contribution in [2.24, 2.45) is 0 Å². The normalized spacial score (nSPS) is 11.9. The summed E-state index contributed by atoms with van der Waals surface area (Å²) in [7, 11) is 0. The number of H-pyrrole nitrogens is 1. The van der Waals surface area contributed by atoms with E-state index in [9.17, 15) is 19.5 Å². The fourth-order valence-corrected chi connectivity index (χ4v) is 3.00. The summed E-state index contributed by atoms with van der Waals surface area (Å²) in [6.45, 7) is 2.02. The van der Waals surface area contributed by atoms with E-state index in [1.807, 2.05) is 31.2 Å². The molecule has 0 radical (unpaired) electrons. The first kappa shape index (κ1) is 18.4. The van der Waals surface area contributed by atoms with Gasteiger partial charge in [-0.3, -0.25) is 9.59 Å². The summed E-state index contributed by atoms with van der Waals surface area (Å²) < 4.78 is 0. The summed E-state index contributed by atoms with van der Waals surface area (Å²) in [5.74, 6) is -1.61. The molecule has 0 saturated carbocycles. The summed E-state index contributed by atoms with van der Waals surface area (Å²) >= 11 is 0. The molecule has 0 aliphatic rings. The number of para-hydroxylation sites is 1. The Balaban J connectivity index is 1.85. The van der Waals surface area contributed by atoms with Crippen LogP contribution >= 0.6 is 0 Å². The van der Waals surface area contributed by atoms with Gasteiger partial charge < -0.3 is 15.4 Å². The third-order valence-electron chi connectivity index (χ3n) is 4.49. The van der Waals surface area contributed by atoms with Gasteiger partial charge in [0.15, 0.2) is 0 Å². The number of aryl methyl sites for hydroxylation is 1. The average Bonchev–Trinajstić information content (AvgIpc) is 2.67. The lowest BCUT2D eigenvalue weighted by atomic mass is 10.0. The first-order valence-corrected chi connectivity index (χ1v) is 8.71. The maximum Gasteiger partial charge on any atom is 0.326 e. The Labute approximate surface area is 155 Å². The SMILES string of the molecule is CCc1ccc(C(=O)NC(Cc2cc(=O)[nH]c3ccccc23)C(=O)O)cc1. The van der Waals surface area contributed by atoms with Crippen LogP contribution < -0.4 is 10.9 Å². The van der Waals surface area contributed by atoms with Gasteiger partial charge in [-0.25, -0.2) is 4.79 Å². The van der Waals surface area contributed by atoms with E-state index in [1.165, 1.54) is 6.07 Å². The smallest absolute Gasteiger partial charge is 0.326 e. The number of aliphatic carboxylic acids is 1. The lowest BCUT2D eigenvalue weighted by Gasteiger charge is -2.16. The molecule has 1 atom stereocenters. The molecule has 0 saturated heterocycles. The fourth-order valence-electron chi connectivity index (χ4n) is 3.00. The molecule has 6 nitrogen and oxygen atoms in total. The van der Waals surface area contributed by atoms with E-state index >= 15 is 0 Å². The number of rotatable bonds is 6. The number of carboxylic acids is 1. The Morgan fingerprint density at radius 2 is 1.81 bits per heavy atom. The minimum atomic E-state index is -1.15. The molecule has 6 heteroatoms. The molecule has 138 valence electrons. The van der Waals surface area contributed by atoms with Gasteiger partial charge in [0.1, 0.15) is 6.04 Å². The van der Waals surface area contributed by atoms with E-state index in [1.54, 1.807) is 24.3 Å². The number of fused-ring (bicyclic) bond motifs is 1. The first-order chi connectivity index (χ1) is 13.0. The highest BCUT2D eigenvalue weighted by molar-refractivity contribution is 5.96. The molecule has 1 unspecified atom stereocenters. The van der Waals surface area contributed by atoms with E-state index < -0.39 is 17.9 Å². The van der Waals surface area contributed by atoms with Crippen LogP contribution in [-0.4, -0.2) is 28.0 Å². The number of hydrogen-bond acceptors (Lipinski definition) is 3. The summed E-state index contributed by atoms with van der Waals surface area (Å²) in [5, 5.41) is 12.9. The van der Waals surface area contributed by atoms with E-state index in [4.69, 9.17) is 0 Å². The molecule has 0 fully saturated rings. The van der Waals surface area contributed by atoms with Gasteiger partial charge in [0.2, 0.25) is 5.56 Å². The largest absolute Gasteiger partial charge is 0.480 e. The van der Waals surface area contributed by atoms with Crippen LogP contribution in [0.4, 0.5) is 0 Å². The van der Waals surface area contributed by atoms with Crippen molar-refractivity contribution in [3.05, 3.63) is 81.6 Å². The van der Waals surface area contributed by atoms with Crippen LogP contribution in [0, 0.1) is 0 Å². The Morgan fingerprint density at radius 1 is 1.11 bits per heavy atom. The van der Waals surface area contributed by atoms with Crippen LogP contribution in [0.5, 0.6) is 0 Å². The molecular formula is C21H20N2O4. The number of benzene rings is 2. The van der Waals surface area contributed by atoms with Gasteiger partial charge in [-0.15, -0.1) is 0 Å². The molecular weight excluding hydrogens is 344 g/mol. The van der Waals surface area contributed by atoms with Gasteiger partial charge in [-0.1, -0.05) is 37.3 Å². The number of aromatic nitrogens is 1. The minimum absolute atomic E-state index is 0.0125. The number of nitrogens with one attached hydrogen (secondary N) is 2. The molecule has 27 heavy (non-hydrogen) atoms. The molecule has 3 rings (SSSR count). The first-order valence-electron chi connectivity index (χ1n) is 8.71. The lowest BCUT2D eigenvalue weighted by Crippen LogP contribution is -2.42. The molecule has 2 aromatic carbocycles. The molecule has 1 amide bonds. The number of carbonyl (C=O) groups is 2. The Morgan fingerprint density at radius 3 is 2.48 bits per heavy atom. The van der Waals surface area contributed by atoms with Crippen molar-refractivity contribution in [2.45, 2.75) is 25.8 Å². The standard InChI is InChI=1S/C21H20N2O4/c1-2-13-7-9-14(10-8-13)20(25)23-18(21(26)27)11-15-12-19(24)22-17-6-4-3-5-16(15)17/h3-10,12,18H,2,11H2,1H3,(H,22,24)(H,23,25)(H,26,27). The molecule has 1 aromatic heterocycles. The third-order valence-corrected chi connectivity index (χ3v) is 4.49. The zero-order valence-corrected chi connectivity index (χ0v) is 14.9. The van der Waals surface area contributed by atoms with Gasteiger partial charge in [-0.2, -0.15) is 0 Å². The van der Waals surface area contributed by atoms with Gasteiger partial charge >= 0.3 is 5.97 Å². The second-order valence-corrected chi connectivity index (χ2v) is 6.32. The van der Waals surface area contributed by atoms with Crippen molar-refractivity contribution in [2.75, 3.05) is 0 Å². The van der Waals surface area contributed by atoms with Crippen molar-refractivity contribution in [3.8, 4) is 0 Å². The zero-order valence-electron chi connectivity index (χ0n) is 14.9. The van der Waals surface area contributed by atoms with Crippen LogP contribution in [-0.2, 0) is 17.6 Å². The Bertz CT molecular complexity index is 1040. The second kappa shape index (κ2) is 7.86. The number of hydrogen-bond donors (Lipinski definition) is 3. The highest BCUT2D eigenvalue weighted by Gasteiger charge is 2.22. The summed E-state index contributed by atoms with van der Waals surface area (Å²) in [5.41, 5.74) is 2.38. The number of aromatic amines is 1. The van der Waals surface area contributed by atoms with E-state index in [0.29, 0.717) is 16.6 Å². The summed E-state index contributed by atoms with van der Waals surface area (Å²) in [4.78, 5) is 38.7. The van der Waals surface area contributed by atoms with Crippen molar-refractivity contribution in [1.82, 2.24) is 10.3 Å². The number of amides is 1. The maximum atomic E-state index is 12.4. The van der Waals surface area contributed by atoms with Crippen LogP contribution in [0.1, 0.15) is 28.4 Å². The monoisotopic (exact) mass is 364 g/mol. The summed E-state index contributed by atoms with van der Waals surface area (Å²) in [6, 6.07) is 14.4. The Hall–Kier alpha value is -3.41. The van der Waals surface area contributed by atoms with Gasteiger partial charge in [0, 0.05) is 29.0 Å². The van der Waals surface area contributed by atoms with E-state index in [-0.39, 0.29) is 12.0 Å². The highest BCUT2D eigenvalue weighted by atomic mass is 16.4. The van der Waals surface area contributed by atoms with Crippen LogP contribution in [0.15, 0.2) is 59.4 Å². The molecule has 0 aliphatic carbocycles. The van der Waals surface area contributed by atoms with Gasteiger partial charge in [0.05, 0.1) is 0 Å². The maximum absolute atomic E-state index is 12.4. The van der Waals surface area contributed by atoms with Crippen LogP contribution in [0.2, 0.25) is 0 Å². The highest BCUT2D eigenvalue weighted by Crippen LogP contribution is 2.16. The topological polar surface area (TPSA) is 99.3 Å². The van der Waals surface area contributed by atoms with Crippen LogP contribution in [0.3, 0.4) is 0 Å². The Kier molecular flexibility index (Phi) is 5.35. The predicted octanol–water partition coefficient (Wildman–Crippen LogP) is 2.52. The van der Waals surface area contributed by atoms with Crippen LogP contribution in [0.25, 0.3) is 10.9 Å². The number of carboxylic acid groups (broad SMARTS) is 1. The van der Waals surface area contributed by atoms with Gasteiger partial charge in [-0.05, 0) is 35.7 Å². The molecule has 0 aliphatic heterocycles. The molecule has 0 bridgehead atoms. The predicted molar refractivity (Wildman–Crippen MR) is 103 cm³/mol. The molecule has 1 heterocycles. The average molecular weight is 364 g/mol. The van der Waals surface area contributed by atoms with Crippen molar-refractivity contribution >= 4 is 22.8 Å². The molecule has 0 spiro atoms. The number of pyridine rings is 1. The quantitative estimate of drug-likeness (QED) is 0.626. The second-order valence-electron chi connectivity index (χ2n) is 6.32. The third kappa shape index (κ3) is 4.23. The minimum Gasteiger partial charge on any atom is -0.480 e. The number of carbonyl (C=O) groups excluding carboxylic acids is 1. The van der Waals surface area contributed by atoms with Crippen molar-refractivity contribution in [3.63, 3.8) is 0 Å². The zero-order chi connectivity index (χ0) is 19.4. The molecule has 3 aromatic rings. The van der Waals surface area contributed by atoms with Crippen molar-refractivity contribution in [1.29, 1.82) is 0 Å². The summed E-state index contributed by atoms with van der Waals surface area (Å²) in [6.07, 6.45) is 0.869. The lowest BCUT2D eigenvalue weighted by molar-refractivity contribution is -0.139.